The summed E-state index contributed by atoms with van der Waals surface area (Å²) in [5, 5.41) is 1.13. The van der Waals surface area contributed by atoms with Crippen LogP contribution >= 0.6 is 11.3 Å². The summed E-state index contributed by atoms with van der Waals surface area (Å²) in [5.74, 6) is 1.74. The van der Waals surface area contributed by atoms with Crippen LogP contribution in [0.15, 0.2) is 37.1 Å². The van der Waals surface area contributed by atoms with Crippen LogP contribution in [0.3, 0.4) is 0 Å². The van der Waals surface area contributed by atoms with Crippen molar-refractivity contribution in [3.05, 3.63) is 59.0 Å². The standard InChI is InChI=1S/C19H23N5S/c1-4-11-24(12-15-7-5-6-10-21-15)18-17-13(2)14(3)25-19(17)23-16(22-18)8-9-20/h4-7,10H,1,8-9,11-12,20H2,2-3H3. The summed E-state index contributed by atoms with van der Waals surface area (Å²) in [6, 6.07) is 5.96. The molecule has 0 aliphatic carbocycles. The first-order valence-corrected chi connectivity index (χ1v) is 9.18. The lowest BCUT2D eigenvalue weighted by Gasteiger charge is -2.23. The van der Waals surface area contributed by atoms with Crippen LogP contribution in [0.4, 0.5) is 5.82 Å². The van der Waals surface area contributed by atoms with E-state index >= 15 is 0 Å². The van der Waals surface area contributed by atoms with Gasteiger partial charge >= 0.3 is 0 Å². The lowest BCUT2D eigenvalue weighted by molar-refractivity contribution is 0.805. The van der Waals surface area contributed by atoms with Gasteiger partial charge in [-0.2, -0.15) is 0 Å². The first kappa shape index (κ1) is 17.5. The van der Waals surface area contributed by atoms with E-state index in [9.17, 15) is 0 Å². The van der Waals surface area contributed by atoms with E-state index in [1.165, 1.54) is 10.4 Å². The molecule has 3 aromatic rings. The van der Waals surface area contributed by atoms with Crippen molar-refractivity contribution >= 4 is 27.4 Å². The summed E-state index contributed by atoms with van der Waals surface area (Å²) in [5.41, 5.74) is 7.97. The number of aromatic nitrogens is 3. The molecule has 0 fully saturated rings. The second-order valence-corrected chi connectivity index (χ2v) is 7.16. The van der Waals surface area contributed by atoms with Crippen LogP contribution in [-0.2, 0) is 13.0 Å². The molecule has 0 bridgehead atoms. The van der Waals surface area contributed by atoms with Crippen molar-refractivity contribution in [2.45, 2.75) is 26.8 Å². The average molecular weight is 353 g/mol. The Bertz CT molecular complexity index is 872. The van der Waals surface area contributed by atoms with Gasteiger partial charge in [-0.1, -0.05) is 12.1 Å². The fourth-order valence-corrected chi connectivity index (χ4v) is 3.85. The summed E-state index contributed by atoms with van der Waals surface area (Å²) in [4.78, 5) is 18.5. The van der Waals surface area contributed by atoms with Gasteiger partial charge in [-0.05, 0) is 38.1 Å². The smallest absolute Gasteiger partial charge is 0.142 e. The van der Waals surface area contributed by atoms with Crippen LogP contribution in [-0.4, -0.2) is 28.0 Å². The van der Waals surface area contributed by atoms with E-state index in [0.29, 0.717) is 26.1 Å². The Morgan fingerprint density at radius 2 is 2.12 bits per heavy atom. The minimum atomic E-state index is 0.538. The number of hydrogen-bond donors (Lipinski definition) is 1. The molecule has 0 aliphatic rings. The Hall–Kier alpha value is -2.31. The normalized spacial score (nSPS) is 11.0. The average Bonchev–Trinajstić information content (AvgIpc) is 2.89. The van der Waals surface area contributed by atoms with Gasteiger partial charge in [-0.25, -0.2) is 9.97 Å². The molecule has 3 rings (SSSR count). The molecule has 5 nitrogen and oxygen atoms in total. The van der Waals surface area contributed by atoms with Gasteiger partial charge < -0.3 is 10.6 Å². The van der Waals surface area contributed by atoms with E-state index in [0.717, 1.165) is 27.6 Å². The van der Waals surface area contributed by atoms with E-state index in [1.54, 1.807) is 11.3 Å². The zero-order chi connectivity index (χ0) is 17.8. The Morgan fingerprint density at radius 1 is 1.28 bits per heavy atom. The second kappa shape index (κ2) is 7.72. The fraction of sp³-hybridized carbons (Fsp3) is 0.316. The topological polar surface area (TPSA) is 67.9 Å². The molecule has 2 N–H and O–H groups in total. The Kier molecular flexibility index (Phi) is 5.40. The highest BCUT2D eigenvalue weighted by Gasteiger charge is 2.19. The molecule has 3 heterocycles. The van der Waals surface area contributed by atoms with Gasteiger partial charge in [0.15, 0.2) is 0 Å². The predicted molar refractivity (Wildman–Crippen MR) is 105 cm³/mol. The number of thiophene rings is 1. The highest BCUT2D eigenvalue weighted by molar-refractivity contribution is 7.18. The molecule has 0 spiro atoms. The van der Waals surface area contributed by atoms with Crippen LogP contribution < -0.4 is 10.6 Å². The summed E-state index contributed by atoms with van der Waals surface area (Å²) in [7, 11) is 0. The molecule has 0 saturated heterocycles. The van der Waals surface area contributed by atoms with E-state index in [1.807, 2.05) is 30.5 Å². The third kappa shape index (κ3) is 3.70. The summed E-state index contributed by atoms with van der Waals surface area (Å²) >= 11 is 1.71. The van der Waals surface area contributed by atoms with Crippen LogP contribution in [0, 0.1) is 13.8 Å². The molecule has 0 unspecified atom stereocenters. The summed E-state index contributed by atoms with van der Waals surface area (Å²) in [6.07, 6.45) is 4.38. The molecule has 3 aromatic heterocycles. The number of pyridine rings is 1. The van der Waals surface area contributed by atoms with Gasteiger partial charge in [0.2, 0.25) is 0 Å². The molecule has 25 heavy (non-hydrogen) atoms. The first-order chi connectivity index (χ1) is 12.1. The molecule has 6 heteroatoms. The third-order valence-electron chi connectivity index (χ3n) is 4.15. The van der Waals surface area contributed by atoms with Crippen molar-refractivity contribution in [2.75, 3.05) is 18.0 Å². The van der Waals surface area contributed by atoms with Crippen LogP contribution in [0.1, 0.15) is 22.0 Å². The first-order valence-electron chi connectivity index (χ1n) is 8.36. The monoisotopic (exact) mass is 353 g/mol. The van der Waals surface area contributed by atoms with E-state index in [-0.39, 0.29) is 0 Å². The second-order valence-electron chi connectivity index (χ2n) is 5.96. The molecule has 0 aliphatic heterocycles. The lowest BCUT2D eigenvalue weighted by atomic mass is 10.2. The molecule has 130 valence electrons. The quantitative estimate of drug-likeness (QED) is 0.659. The van der Waals surface area contributed by atoms with Gasteiger partial charge in [0.25, 0.3) is 0 Å². The highest BCUT2D eigenvalue weighted by atomic mass is 32.1. The highest BCUT2D eigenvalue weighted by Crippen LogP contribution is 2.35. The van der Waals surface area contributed by atoms with Gasteiger partial charge in [-0.15, -0.1) is 17.9 Å². The van der Waals surface area contributed by atoms with E-state index in [4.69, 9.17) is 15.7 Å². The molecular formula is C19H23N5S. The molecule has 0 amide bonds. The predicted octanol–water partition coefficient (Wildman–Crippen LogP) is 3.40. The SMILES string of the molecule is C=CCN(Cc1ccccn1)c1nc(CCN)nc2sc(C)c(C)c12. The number of nitrogens with zero attached hydrogens (tertiary/aromatic N) is 4. The third-order valence-corrected chi connectivity index (χ3v) is 5.25. The number of fused-ring (bicyclic) bond motifs is 1. The van der Waals surface area contributed by atoms with Crippen LogP contribution in [0.2, 0.25) is 0 Å². The van der Waals surface area contributed by atoms with E-state index < -0.39 is 0 Å². The fourth-order valence-electron chi connectivity index (χ4n) is 2.81. The van der Waals surface area contributed by atoms with Gasteiger partial charge in [0.05, 0.1) is 17.6 Å². The lowest BCUT2D eigenvalue weighted by Crippen LogP contribution is -2.25. The number of nitrogens with two attached hydrogens (primary N) is 1. The van der Waals surface area contributed by atoms with Gasteiger partial charge in [0.1, 0.15) is 16.5 Å². The number of aryl methyl sites for hydroxylation is 2. The molecule has 0 saturated carbocycles. The maximum Gasteiger partial charge on any atom is 0.142 e. The molecule has 0 atom stereocenters. The van der Waals surface area contributed by atoms with Crippen molar-refractivity contribution in [3.8, 4) is 0 Å². The van der Waals surface area contributed by atoms with Crippen molar-refractivity contribution in [1.29, 1.82) is 0 Å². The van der Waals surface area contributed by atoms with Gasteiger partial charge in [0, 0.05) is 24.0 Å². The number of hydrogen-bond acceptors (Lipinski definition) is 6. The molecular weight excluding hydrogens is 330 g/mol. The van der Waals surface area contributed by atoms with Crippen molar-refractivity contribution < 1.29 is 0 Å². The molecule has 0 aromatic carbocycles. The maximum atomic E-state index is 5.73. The minimum absolute atomic E-state index is 0.538. The summed E-state index contributed by atoms with van der Waals surface area (Å²) < 4.78 is 0. The van der Waals surface area contributed by atoms with Crippen LogP contribution in [0.25, 0.3) is 10.2 Å². The zero-order valence-corrected chi connectivity index (χ0v) is 15.5. The van der Waals surface area contributed by atoms with Crippen LogP contribution in [0.5, 0.6) is 0 Å². The van der Waals surface area contributed by atoms with Crippen molar-refractivity contribution in [1.82, 2.24) is 15.0 Å². The van der Waals surface area contributed by atoms with Crippen molar-refractivity contribution in [3.63, 3.8) is 0 Å². The largest absolute Gasteiger partial charge is 0.346 e. The number of rotatable bonds is 7. The Labute approximate surface area is 152 Å². The van der Waals surface area contributed by atoms with Gasteiger partial charge in [-0.3, -0.25) is 4.98 Å². The minimum Gasteiger partial charge on any atom is -0.346 e. The molecule has 0 radical (unpaired) electrons. The number of anilines is 1. The van der Waals surface area contributed by atoms with Crippen molar-refractivity contribution in [2.24, 2.45) is 5.73 Å². The zero-order valence-electron chi connectivity index (χ0n) is 14.7. The Morgan fingerprint density at radius 3 is 2.80 bits per heavy atom. The maximum absolute atomic E-state index is 5.73. The Balaban J connectivity index is 2.12. The summed E-state index contributed by atoms with van der Waals surface area (Å²) in [6.45, 7) is 10.1. The van der Waals surface area contributed by atoms with E-state index in [2.05, 4.69) is 30.3 Å².